The molecule has 8 nitrogen and oxygen atoms in total. The second-order valence-electron chi connectivity index (χ2n) is 8.71. The summed E-state index contributed by atoms with van der Waals surface area (Å²) >= 11 is 9.18. The lowest BCUT2D eigenvalue weighted by molar-refractivity contribution is 0.0691. The summed E-state index contributed by atoms with van der Waals surface area (Å²) in [6, 6.07) is 7.81. The lowest BCUT2D eigenvalue weighted by atomic mass is 10.1. The highest BCUT2D eigenvalue weighted by Crippen LogP contribution is 2.39. The maximum absolute atomic E-state index is 14.6. The number of carbonyl (C=O) groups is 1. The first-order chi connectivity index (χ1) is 17.5. The van der Waals surface area contributed by atoms with Gasteiger partial charge in [-0.3, -0.25) is 9.20 Å². The van der Waals surface area contributed by atoms with Gasteiger partial charge >= 0.3 is 5.97 Å². The molecule has 2 N–H and O–H groups in total. The van der Waals surface area contributed by atoms with Gasteiger partial charge in [-0.1, -0.05) is 17.7 Å². The Kier molecular flexibility index (Phi) is 6.36. The van der Waals surface area contributed by atoms with E-state index in [4.69, 9.17) is 16.6 Å². The van der Waals surface area contributed by atoms with Crippen LogP contribution in [0.3, 0.4) is 0 Å². The highest BCUT2D eigenvalue weighted by Gasteiger charge is 2.31. The predicted molar refractivity (Wildman–Crippen MR) is 138 cm³/mol. The Morgan fingerprint density at radius 1 is 1.22 bits per heavy atom. The zero-order valence-corrected chi connectivity index (χ0v) is 21.8. The number of hydrogen-bond acceptors (Lipinski definition) is 6. The minimum Gasteiger partial charge on any atom is -0.476 e. The number of fused-ring (bicyclic) bond motifs is 2. The summed E-state index contributed by atoms with van der Waals surface area (Å²) in [6.07, 6.45) is 1.04. The third-order valence-corrected chi connectivity index (χ3v) is 7.29. The Morgan fingerprint density at radius 2 is 1.97 bits per heavy atom. The van der Waals surface area contributed by atoms with Crippen LogP contribution in [0.5, 0.6) is 0 Å². The van der Waals surface area contributed by atoms with Crippen LogP contribution < -0.4 is 15.8 Å². The zero-order valence-electron chi connectivity index (χ0n) is 19.5. The SMILES string of the molecule is C[C@@H]1c2ccc(F)cc2CN1c1nc2c([C@@H](C)Nc3ccc(Cl)nc3C(=O)O)cc(F)cn2c(=O)c1Br. The molecular weight excluding hydrogens is 572 g/mol. The lowest BCUT2D eigenvalue weighted by Crippen LogP contribution is -2.27. The lowest BCUT2D eigenvalue weighted by Gasteiger charge is -2.25. The molecule has 0 radical (unpaired) electrons. The number of anilines is 2. The summed E-state index contributed by atoms with van der Waals surface area (Å²) in [5.41, 5.74) is 1.53. The molecule has 0 saturated heterocycles. The van der Waals surface area contributed by atoms with Gasteiger partial charge < -0.3 is 15.3 Å². The smallest absolute Gasteiger partial charge is 0.356 e. The quantitative estimate of drug-likeness (QED) is 0.286. The van der Waals surface area contributed by atoms with Crippen LogP contribution >= 0.6 is 27.5 Å². The van der Waals surface area contributed by atoms with Crippen LogP contribution in [-0.2, 0) is 6.54 Å². The van der Waals surface area contributed by atoms with Gasteiger partial charge in [-0.05, 0) is 71.2 Å². The van der Waals surface area contributed by atoms with E-state index in [0.29, 0.717) is 17.9 Å². The number of carboxylic acids is 1. The third kappa shape index (κ3) is 4.42. The molecule has 0 unspecified atom stereocenters. The molecule has 37 heavy (non-hydrogen) atoms. The average Bonchev–Trinajstić information content (AvgIpc) is 3.17. The van der Waals surface area contributed by atoms with Crippen LogP contribution in [0, 0.1) is 11.6 Å². The number of aromatic nitrogens is 3. The first kappa shape index (κ1) is 25.1. The summed E-state index contributed by atoms with van der Waals surface area (Å²) in [5.74, 6) is -1.99. The van der Waals surface area contributed by atoms with Crippen molar-refractivity contribution in [3.05, 3.63) is 96.6 Å². The van der Waals surface area contributed by atoms with E-state index in [0.717, 1.165) is 21.7 Å². The number of aromatic carboxylic acids is 1. The average molecular weight is 591 g/mol. The standard InChI is InChI=1S/C25H19BrClF2N5O3/c1-11(30-18-5-6-19(27)31-21(18)25(36)37)17-8-15(29)10-34-22(17)32-23(20(26)24(34)35)33-9-13-7-14(28)3-4-16(13)12(33)2/h3-8,10-12,30H,9H2,1-2H3,(H,36,37)/t11-,12-/m1/s1. The first-order valence-electron chi connectivity index (χ1n) is 11.2. The van der Waals surface area contributed by atoms with Crippen molar-refractivity contribution in [3.63, 3.8) is 0 Å². The Hall–Kier alpha value is -3.57. The van der Waals surface area contributed by atoms with Gasteiger partial charge in [0.1, 0.15) is 26.9 Å². The van der Waals surface area contributed by atoms with E-state index in [1.54, 1.807) is 13.0 Å². The topological polar surface area (TPSA) is 99.8 Å². The first-order valence-corrected chi connectivity index (χ1v) is 12.3. The van der Waals surface area contributed by atoms with Crippen LogP contribution in [0.25, 0.3) is 5.65 Å². The number of halogens is 4. The molecule has 3 aromatic heterocycles. The molecule has 4 heterocycles. The largest absolute Gasteiger partial charge is 0.476 e. The number of nitrogens with one attached hydrogen (secondary N) is 1. The fourth-order valence-corrected chi connectivity index (χ4v) is 5.25. The van der Waals surface area contributed by atoms with E-state index in [9.17, 15) is 23.5 Å². The van der Waals surface area contributed by atoms with E-state index in [1.807, 2.05) is 11.8 Å². The molecule has 1 aliphatic heterocycles. The fraction of sp³-hybridized carbons (Fsp3) is 0.200. The number of pyridine rings is 2. The van der Waals surface area contributed by atoms with E-state index < -0.39 is 23.4 Å². The molecule has 0 aliphatic carbocycles. The zero-order chi connectivity index (χ0) is 26.6. The normalized spacial score (nSPS) is 15.6. The maximum Gasteiger partial charge on any atom is 0.356 e. The summed E-state index contributed by atoms with van der Waals surface area (Å²) in [6.45, 7) is 3.94. The molecule has 4 aromatic rings. The molecule has 5 rings (SSSR count). The minimum absolute atomic E-state index is 0.00938. The van der Waals surface area contributed by atoms with Gasteiger partial charge in [-0.2, -0.15) is 0 Å². The highest BCUT2D eigenvalue weighted by molar-refractivity contribution is 9.10. The molecule has 0 saturated carbocycles. The summed E-state index contributed by atoms with van der Waals surface area (Å²) in [5, 5.41) is 12.5. The van der Waals surface area contributed by atoms with Gasteiger partial charge in [0.2, 0.25) is 0 Å². The molecule has 1 aliphatic rings. The fourth-order valence-electron chi connectivity index (χ4n) is 4.60. The Balaban J connectivity index is 1.62. The van der Waals surface area contributed by atoms with Crippen molar-refractivity contribution >= 4 is 50.7 Å². The van der Waals surface area contributed by atoms with Crippen LogP contribution in [0.1, 0.15) is 53.1 Å². The molecule has 1 aromatic carbocycles. The Morgan fingerprint density at radius 3 is 2.70 bits per heavy atom. The summed E-state index contributed by atoms with van der Waals surface area (Å²) in [7, 11) is 0. The number of benzene rings is 1. The predicted octanol–water partition coefficient (Wildman–Crippen LogP) is 5.74. The number of hydrogen-bond donors (Lipinski definition) is 2. The molecule has 0 fully saturated rings. The molecule has 190 valence electrons. The Bertz CT molecular complexity index is 1650. The third-order valence-electron chi connectivity index (χ3n) is 6.38. The second kappa shape index (κ2) is 9.38. The van der Waals surface area contributed by atoms with Gasteiger partial charge in [0.15, 0.2) is 11.5 Å². The van der Waals surface area contributed by atoms with E-state index in [2.05, 4.69) is 26.2 Å². The number of nitrogens with zero attached hydrogens (tertiary/aromatic N) is 4. The van der Waals surface area contributed by atoms with Crippen LogP contribution in [-0.4, -0.2) is 25.4 Å². The molecule has 0 amide bonds. The van der Waals surface area contributed by atoms with Crippen molar-refractivity contribution in [1.82, 2.24) is 14.4 Å². The van der Waals surface area contributed by atoms with Gasteiger partial charge in [-0.25, -0.2) is 23.5 Å². The van der Waals surface area contributed by atoms with Crippen molar-refractivity contribution in [2.75, 3.05) is 10.2 Å². The van der Waals surface area contributed by atoms with Crippen molar-refractivity contribution in [1.29, 1.82) is 0 Å². The molecule has 2 atom stereocenters. The van der Waals surface area contributed by atoms with Crippen LogP contribution in [0.4, 0.5) is 20.3 Å². The van der Waals surface area contributed by atoms with Crippen molar-refractivity contribution < 1.29 is 18.7 Å². The second-order valence-corrected chi connectivity index (χ2v) is 9.89. The monoisotopic (exact) mass is 589 g/mol. The molecule has 0 bridgehead atoms. The maximum atomic E-state index is 14.6. The molecule has 12 heteroatoms. The minimum atomic E-state index is -1.29. The van der Waals surface area contributed by atoms with Crippen LogP contribution in [0.2, 0.25) is 5.15 Å². The van der Waals surface area contributed by atoms with Crippen molar-refractivity contribution in [2.24, 2.45) is 0 Å². The molecular formula is C25H19BrClF2N5O3. The van der Waals surface area contributed by atoms with Crippen molar-refractivity contribution in [2.45, 2.75) is 32.5 Å². The number of rotatable bonds is 5. The van der Waals surface area contributed by atoms with Gasteiger partial charge in [0.25, 0.3) is 5.56 Å². The van der Waals surface area contributed by atoms with E-state index in [-0.39, 0.29) is 38.5 Å². The number of carboxylic acid groups (broad SMARTS) is 1. The van der Waals surface area contributed by atoms with E-state index >= 15 is 0 Å². The highest BCUT2D eigenvalue weighted by atomic mass is 79.9. The molecule has 0 spiro atoms. The van der Waals surface area contributed by atoms with Gasteiger partial charge in [0, 0.05) is 18.3 Å². The van der Waals surface area contributed by atoms with Crippen LogP contribution in [0.15, 0.2) is 51.9 Å². The van der Waals surface area contributed by atoms with E-state index in [1.165, 1.54) is 30.3 Å². The summed E-state index contributed by atoms with van der Waals surface area (Å²) in [4.78, 5) is 35.4. The summed E-state index contributed by atoms with van der Waals surface area (Å²) < 4.78 is 29.7. The Labute approximate surface area is 222 Å². The van der Waals surface area contributed by atoms with Gasteiger partial charge in [0.05, 0.1) is 17.8 Å². The van der Waals surface area contributed by atoms with Crippen molar-refractivity contribution in [3.8, 4) is 0 Å². The van der Waals surface area contributed by atoms with Gasteiger partial charge in [-0.15, -0.1) is 0 Å².